The summed E-state index contributed by atoms with van der Waals surface area (Å²) in [4.78, 5) is 25.1. The van der Waals surface area contributed by atoms with Crippen molar-refractivity contribution in [2.45, 2.75) is 71.1 Å². The SMILES string of the molecule is CCn1cc(Nc2nccc(-c3ccc4c(c3)CN(C3COC3)CC[C@H]4CC(=O)c3cn(C(C)(C)C)nn3)n2)cn1. The van der Waals surface area contributed by atoms with Gasteiger partial charge >= 0.3 is 0 Å². The molecule has 1 atom stereocenters. The minimum atomic E-state index is -0.226. The van der Waals surface area contributed by atoms with Crippen LogP contribution in [-0.4, -0.2) is 71.2 Å². The summed E-state index contributed by atoms with van der Waals surface area (Å²) in [5.41, 5.74) is 5.34. The summed E-state index contributed by atoms with van der Waals surface area (Å²) in [6.45, 7) is 12.2. The van der Waals surface area contributed by atoms with Crippen molar-refractivity contribution < 1.29 is 9.53 Å². The van der Waals surface area contributed by atoms with Gasteiger partial charge in [-0.1, -0.05) is 17.3 Å². The van der Waals surface area contributed by atoms with E-state index in [4.69, 9.17) is 9.72 Å². The molecular formula is C30H37N9O2. The maximum absolute atomic E-state index is 13.4. The highest BCUT2D eigenvalue weighted by Crippen LogP contribution is 2.36. The van der Waals surface area contributed by atoms with Gasteiger partial charge in [0, 0.05) is 37.5 Å². The van der Waals surface area contributed by atoms with Crippen molar-refractivity contribution in [3.05, 3.63) is 65.9 Å². The highest BCUT2D eigenvalue weighted by Gasteiger charge is 2.32. The van der Waals surface area contributed by atoms with E-state index in [9.17, 15) is 4.79 Å². The van der Waals surface area contributed by atoms with Gasteiger partial charge in [-0.25, -0.2) is 14.6 Å². The van der Waals surface area contributed by atoms with Gasteiger partial charge < -0.3 is 10.1 Å². The van der Waals surface area contributed by atoms with Crippen LogP contribution in [0.3, 0.4) is 0 Å². The molecule has 0 aliphatic carbocycles. The zero-order valence-corrected chi connectivity index (χ0v) is 24.1. The molecule has 0 amide bonds. The van der Waals surface area contributed by atoms with Crippen LogP contribution in [0.4, 0.5) is 11.6 Å². The number of carbonyl (C=O) groups is 1. The molecule has 2 aliphatic heterocycles. The number of aromatic nitrogens is 7. The summed E-state index contributed by atoms with van der Waals surface area (Å²) in [5.74, 6) is 0.641. The highest BCUT2D eigenvalue weighted by atomic mass is 16.5. The second-order valence-electron chi connectivity index (χ2n) is 11.9. The van der Waals surface area contributed by atoms with E-state index >= 15 is 0 Å². The van der Waals surface area contributed by atoms with Crippen molar-refractivity contribution in [3.8, 4) is 11.3 Å². The Hall–Kier alpha value is -3.96. The van der Waals surface area contributed by atoms with Crippen molar-refractivity contribution in [2.75, 3.05) is 25.1 Å². The lowest BCUT2D eigenvalue weighted by atomic mass is 9.87. The first kappa shape index (κ1) is 27.2. The third-order valence-electron chi connectivity index (χ3n) is 7.92. The molecule has 1 N–H and O–H groups in total. The highest BCUT2D eigenvalue weighted by molar-refractivity contribution is 5.94. The van der Waals surface area contributed by atoms with E-state index in [-0.39, 0.29) is 17.2 Å². The number of rotatable bonds is 8. The topological polar surface area (TPSA) is 116 Å². The van der Waals surface area contributed by atoms with E-state index in [0.29, 0.717) is 24.1 Å². The molecule has 11 heteroatoms. The molecule has 6 rings (SSSR count). The van der Waals surface area contributed by atoms with Crippen molar-refractivity contribution >= 4 is 17.4 Å². The number of Topliss-reactive ketones (excluding diaryl/α,β-unsaturated/α-hetero) is 1. The van der Waals surface area contributed by atoms with Gasteiger partial charge in [0.2, 0.25) is 5.95 Å². The number of ether oxygens (including phenoxy) is 1. The van der Waals surface area contributed by atoms with Gasteiger partial charge in [0.25, 0.3) is 0 Å². The molecule has 0 spiro atoms. The van der Waals surface area contributed by atoms with E-state index < -0.39 is 0 Å². The molecule has 0 saturated carbocycles. The van der Waals surface area contributed by atoms with Gasteiger partial charge in [-0.3, -0.25) is 14.4 Å². The van der Waals surface area contributed by atoms with E-state index in [0.717, 1.165) is 56.2 Å². The molecule has 5 heterocycles. The van der Waals surface area contributed by atoms with Crippen molar-refractivity contribution in [2.24, 2.45) is 0 Å². The summed E-state index contributed by atoms with van der Waals surface area (Å²) in [6.07, 6.45) is 8.54. The molecule has 0 unspecified atom stereocenters. The molecule has 41 heavy (non-hydrogen) atoms. The lowest BCUT2D eigenvalue weighted by Crippen LogP contribution is -2.48. The van der Waals surface area contributed by atoms with Crippen LogP contribution in [0, 0.1) is 0 Å². The lowest BCUT2D eigenvalue weighted by molar-refractivity contribution is -0.0677. The van der Waals surface area contributed by atoms with Crippen molar-refractivity contribution in [3.63, 3.8) is 0 Å². The maximum Gasteiger partial charge on any atom is 0.227 e. The van der Waals surface area contributed by atoms with Crippen LogP contribution in [-0.2, 0) is 23.4 Å². The minimum absolute atomic E-state index is 0.0267. The van der Waals surface area contributed by atoms with Crippen LogP contribution < -0.4 is 5.32 Å². The number of hydrogen-bond acceptors (Lipinski definition) is 9. The maximum atomic E-state index is 13.4. The van der Waals surface area contributed by atoms with E-state index in [1.54, 1.807) is 23.3 Å². The van der Waals surface area contributed by atoms with Crippen LogP contribution in [0.25, 0.3) is 11.3 Å². The number of carbonyl (C=O) groups excluding carboxylic acids is 1. The Balaban J connectivity index is 1.27. The number of anilines is 2. The molecule has 0 bridgehead atoms. The first-order chi connectivity index (χ1) is 19.8. The first-order valence-corrected chi connectivity index (χ1v) is 14.3. The number of nitrogens with zero attached hydrogens (tertiary/aromatic N) is 8. The molecule has 214 valence electrons. The molecular weight excluding hydrogens is 518 g/mol. The van der Waals surface area contributed by atoms with Crippen LogP contribution in [0.15, 0.2) is 49.1 Å². The Morgan fingerprint density at radius 2 is 2.02 bits per heavy atom. The second kappa shape index (κ2) is 11.1. The minimum Gasteiger partial charge on any atom is -0.378 e. The summed E-state index contributed by atoms with van der Waals surface area (Å²) >= 11 is 0. The van der Waals surface area contributed by atoms with Crippen molar-refractivity contribution in [1.29, 1.82) is 0 Å². The number of hydrogen-bond donors (Lipinski definition) is 1. The standard InChI is InChI=1S/C30H37N9O2/c1-5-38-16-23(14-32-38)33-29-31-10-8-26(34-29)21-6-7-25-20(9-11-37(15-22(25)12-21)24-18-41-19-24)13-28(40)27-17-39(36-35-27)30(2,3)4/h6-8,10,12,14,16-17,20,24H,5,9,11,13,15,18-19H2,1-4H3,(H,31,33,34)/t20-/m0/s1. The van der Waals surface area contributed by atoms with Gasteiger partial charge in [-0.2, -0.15) is 5.10 Å². The second-order valence-corrected chi connectivity index (χ2v) is 11.9. The normalized spacial score (nSPS) is 18.0. The first-order valence-electron chi connectivity index (χ1n) is 14.3. The molecule has 1 saturated heterocycles. The Morgan fingerprint density at radius 3 is 2.73 bits per heavy atom. The van der Waals surface area contributed by atoms with Crippen LogP contribution in [0.5, 0.6) is 0 Å². The Bertz CT molecular complexity index is 1530. The lowest BCUT2D eigenvalue weighted by Gasteiger charge is -2.36. The van der Waals surface area contributed by atoms with Gasteiger partial charge in [0.1, 0.15) is 5.69 Å². The fourth-order valence-electron chi connectivity index (χ4n) is 5.39. The summed E-state index contributed by atoms with van der Waals surface area (Å²) < 4.78 is 9.13. The van der Waals surface area contributed by atoms with E-state index in [1.807, 2.05) is 44.6 Å². The Morgan fingerprint density at radius 1 is 1.17 bits per heavy atom. The average Bonchev–Trinajstić information content (AvgIpc) is 3.57. The van der Waals surface area contributed by atoms with Gasteiger partial charge in [-0.05, 0) is 69.8 Å². The fourth-order valence-corrected chi connectivity index (χ4v) is 5.39. The number of fused-ring (bicyclic) bond motifs is 1. The molecule has 1 fully saturated rings. The van der Waals surface area contributed by atoms with Gasteiger partial charge in [0.15, 0.2) is 5.78 Å². The zero-order chi connectivity index (χ0) is 28.6. The predicted octanol–water partition coefficient (Wildman–Crippen LogP) is 4.41. The Labute approximate surface area is 239 Å². The summed E-state index contributed by atoms with van der Waals surface area (Å²) in [5, 5.41) is 16.0. The smallest absolute Gasteiger partial charge is 0.227 e. The number of ketones is 1. The zero-order valence-electron chi connectivity index (χ0n) is 24.1. The molecule has 3 aromatic heterocycles. The molecule has 4 aromatic rings. The van der Waals surface area contributed by atoms with Crippen LogP contribution in [0.1, 0.15) is 68.1 Å². The molecule has 0 radical (unpaired) electrons. The average molecular weight is 556 g/mol. The fraction of sp³-hybridized carbons (Fsp3) is 0.467. The van der Waals surface area contributed by atoms with Crippen LogP contribution in [0.2, 0.25) is 0 Å². The van der Waals surface area contributed by atoms with E-state index in [2.05, 4.69) is 48.8 Å². The third-order valence-corrected chi connectivity index (χ3v) is 7.92. The summed E-state index contributed by atoms with van der Waals surface area (Å²) in [7, 11) is 0. The predicted molar refractivity (Wildman–Crippen MR) is 155 cm³/mol. The largest absolute Gasteiger partial charge is 0.378 e. The summed E-state index contributed by atoms with van der Waals surface area (Å²) in [6, 6.07) is 8.84. The monoisotopic (exact) mass is 555 g/mol. The quantitative estimate of drug-likeness (QED) is 0.316. The third kappa shape index (κ3) is 5.91. The Kier molecular flexibility index (Phi) is 7.39. The molecule has 2 aliphatic rings. The molecule has 11 nitrogen and oxygen atoms in total. The van der Waals surface area contributed by atoms with Crippen LogP contribution >= 0.6 is 0 Å². The van der Waals surface area contributed by atoms with Gasteiger partial charge in [0.05, 0.1) is 48.6 Å². The van der Waals surface area contributed by atoms with Crippen molar-refractivity contribution in [1.82, 2.24) is 39.6 Å². The number of aryl methyl sites for hydroxylation is 1. The number of nitrogens with one attached hydrogen (secondary N) is 1. The number of benzene rings is 1. The molecule has 1 aromatic carbocycles. The van der Waals surface area contributed by atoms with E-state index in [1.165, 1.54) is 11.1 Å². The van der Waals surface area contributed by atoms with Gasteiger partial charge in [-0.15, -0.1) is 5.10 Å².